The lowest BCUT2D eigenvalue weighted by molar-refractivity contribution is 0.629. The second kappa shape index (κ2) is 3.52. The monoisotopic (exact) mass is 251 g/mol. The molecule has 0 spiro atoms. The van der Waals surface area contributed by atoms with Crippen molar-refractivity contribution in [1.29, 1.82) is 0 Å². The van der Waals surface area contributed by atoms with Gasteiger partial charge in [-0.2, -0.15) is 4.37 Å². The minimum Gasteiger partial charge on any atom is -0.454 e. The van der Waals surface area contributed by atoms with Gasteiger partial charge in [-0.3, -0.25) is 0 Å². The van der Waals surface area contributed by atoms with Crippen molar-refractivity contribution in [1.82, 2.24) is 4.37 Å². The number of benzene rings is 1. The minimum absolute atomic E-state index is 0.763. The average molecular weight is 251 g/mol. The van der Waals surface area contributed by atoms with Crippen LogP contribution in [0.5, 0.6) is 0 Å². The summed E-state index contributed by atoms with van der Waals surface area (Å²) in [6, 6.07) is 9.87. The predicted molar refractivity (Wildman–Crippen MR) is 66.0 cm³/mol. The summed E-state index contributed by atoms with van der Waals surface area (Å²) in [6.45, 7) is 0. The van der Waals surface area contributed by atoms with E-state index >= 15 is 0 Å². The Balaban J connectivity index is 2.29. The number of para-hydroxylation sites is 1. The second-order valence-corrected chi connectivity index (χ2v) is 5.55. The first kappa shape index (κ1) is 9.21. The van der Waals surface area contributed by atoms with Gasteiger partial charge in [-0.1, -0.05) is 30.4 Å². The van der Waals surface area contributed by atoms with E-state index in [4.69, 9.17) is 16.6 Å². The summed E-state index contributed by atoms with van der Waals surface area (Å²) in [5.41, 5.74) is 1.66. The lowest BCUT2D eigenvalue weighted by atomic mass is 10.2. The Morgan fingerprint density at radius 3 is 2.87 bits per heavy atom. The van der Waals surface area contributed by atoms with E-state index in [0.29, 0.717) is 0 Å². The highest BCUT2D eigenvalue weighted by molar-refractivity contribution is 7.79. The molecule has 0 fully saturated rings. The Bertz CT molecular complexity index is 631. The van der Waals surface area contributed by atoms with Gasteiger partial charge in [0.05, 0.1) is 0 Å². The summed E-state index contributed by atoms with van der Waals surface area (Å²) in [5, 5.41) is 1.08. The van der Waals surface area contributed by atoms with Crippen molar-refractivity contribution in [2.24, 2.45) is 0 Å². The van der Waals surface area contributed by atoms with Crippen LogP contribution >= 0.6 is 33.1 Å². The fourth-order valence-corrected chi connectivity index (χ4v) is 3.31. The van der Waals surface area contributed by atoms with Crippen molar-refractivity contribution in [3.05, 3.63) is 34.2 Å². The van der Waals surface area contributed by atoms with Crippen LogP contribution in [0.2, 0.25) is 0 Å². The Hall–Kier alpha value is -1.04. The van der Waals surface area contributed by atoms with Crippen molar-refractivity contribution in [2.45, 2.75) is 0 Å². The molecule has 15 heavy (non-hydrogen) atoms. The number of aromatic nitrogens is 1. The van der Waals surface area contributed by atoms with E-state index in [0.717, 1.165) is 26.2 Å². The predicted octanol–water partition coefficient (Wildman–Crippen LogP) is 4.35. The summed E-state index contributed by atoms with van der Waals surface area (Å²) < 4.78 is 10.7. The summed E-state index contributed by atoms with van der Waals surface area (Å²) in [5.74, 6) is 0.763. The van der Waals surface area contributed by atoms with Gasteiger partial charge in [-0.25, -0.2) is 0 Å². The van der Waals surface area contributed by atoms with E-state index in [1.807, 2.05) is 30.3 Å². The highest BCUT2D eigenvalue weighted by atomic mass is 32.9. The summed E-state index contributed by atoms with van der Waals surface area (Å²) in [6.07, 6.45) is 0. The Labute approximate surface area is 98.4 Å². The highest BCUT2D eigenvalue weighted by Gasteiger charge is 2.09. The number of rotatable bonds is 1. The number of hydrogen-bond acceptors (Lipinski definition) is 5. The van der Waals surface area contributed by atoms with Crippen molar-refractivity contribution >= 4 is 44.1 Å². The van der Waals surface area contributed by atoms with Crippen LogP contribution in [-0.4, -0.2) is 4.37 Å². The molecule has 3 aromatic rings. The molecule has 0 atom stereocenters. The van der Waals surface area contributed by atoms with Crippen LogP contribution in [0.25, 0.3) is 22.4 Å². The highest BCUT2D eigenvalue weighted by Crippen LogP contribution is 2.29. The van der Waals surface area contributed by atoms with Crippen LogP contribution in [0, 0.1) is 3.82 Å². The lowest BCUT2D eigenvalue weighted by Gasteiger charge is -1.85. The third kappa shape index (κ3) is 1.52. The molecule has 0 unspecified atom stereocenters. The molecule has 2 nitrogen and oxygen atoms in total. The van der Waals surface area contributed by atoms with Crippen LogP contribution < -0.4 is 0 Å². The van der Waals surface area contributed by atoms with E-state index in [-0.39, 0.29) is 0 Å². The van der Waals surface area contributed by atoms with E-state index in [1.54, 1.807) is 0 Å². The maximum Gasteiger partial charge on any atom is 0.157 e. The number of nitrogens with zero attached hydrogens (tertiary/aromatic N) is 1. The van der Waals surface area contributed by atoms with E-state index in [1.165, 1.54) is 20.9 Å². The quantitative estimate of drug-likeness (QED) is 0.475. The van der Waals surface area contributed by atoms with Gasteiger partial charge in [-0.15, -0.1) is 0 Å². The SMILES string of the molecule is S=c1ssnc1-c1cc2ccccc2o1. The van der Waals surface area contributed by atoms with Crippen LogP contribution in [0.3, 0.4) is 0 Å². The number of fused-ring (bicyclic) bond motifs is 1. The van der Waals surface area contributed by atoms with Crippen molar-refractivity contribution in [3.8, 4) is 11.5 Å². The van der Waals surface area contributed by atoms with E-state index < -0.39 is 0 Å². The van der Waals surface area contributed by atoms with Gasteiger partial charge in [0.2, 0.25) is 0 Å². The first-order valence-corrected chi connectivity index (χ1v) is 6.81. The van der Waals surface area contributed by atoms with Gasteiger partial charge in [0.15, 0.2) is 5.76 Å². The molecule has 3 rings (SSSR count). The molecular weight excluding hydrogens is 246 g/mol. The van der Waals surface area contributed by atoms with Crippen LogP contribution in [0.1, 0.15) is 0 Å². The summed E-state index contributed by atoms with van der Waals surface area (Å²) in [7, 11) is 2.89. The van der Waals surface area contributed by atoms with Gasteiger partial charge in [-0.05, 0) is 22.5 Å². The molecule has 0 amide bonds. The molecule has 0 saturated heterocycles. The zero-order valence-corrected chi connectivity index (χ0v) is 9.92. The van der Waals surface area contributed by atoms with Crippen molar-refractivity contribution in [2.75, 3.05) is 0 Å². The maximum atomic E-state index is 5.68. The first-order valence-electron chi connectivity index (χ1n) is 4.29. The molecule has 2 heterocycles. The van der Waals surface area contributed by atoms with Gasteiger partial charge in [0.25, 0.3) is 0 Å². The largest absolute Gasteiger partial charge is 0.454 e. The molecule has 0 radical (unpaired) electrons. The minimum atomic E-state index is 0.763. The van der Waals surface area contributed by atoms with E-state index in [2.05, 4.69) is 4.37 Å². The molecular formula is C10H5NOS3. The molecule has 0 aliphatic heterocycles. The molecule has 74 valence electrons. The number of furan rings is 1. The van der Waals surface area contributed by atoms with Crippen molar-refractivity contribution < 1.29 is 4.42 Å². The first-order chi connectivity index (χ1) is 7.34. The fourth-order valence-electron chi connectivity index (χ4n) is 1.41. The van der Waals surface area contributed by atoms with Crippen molar-refractivity contribution in [3.63, 3.8) is 0 Å². The molecule has 1 aromatic carbocycles. The maximum absolute atomic E-state index is 5.68. The molecule has 2 aromatic heterocycles. The summed E-state index contributed by atoms with van der Waals surface area (Å²) >= 11 is 5.18. The third-order valence-electron chi connectivity index (χ3n) is 2.09. The van der Waals surface area contributed by atoms with E-state index in [9.17, 15) is 0 Å². The molecule has 0 N–H and O–H groups in total. The van der Waals surface area contributed by atoms with Crippen LogP contribution in [0.4, 0.5) is 0 Å². The number of hydrogen-bond donors (Lipinski definition) is 0. The van der Waals surface area contributed by atoms with Gasteiger partial charge >= 0.3 is 0 Å². The molecule has 0 saturated carbocycles. The molecule has 5 heteroatoms. The third-order valence-corrected chi connectivity index (χ3v) is 4.48. The van der Waals surface area contributed by atoms with Gasteiger partial charge in [0, 0.05) is 15.9 Å². The molecule has 0 bridgehead atoms. The van der Waals surface area contributed by atoms with Gasteiger partial charge < -0.3 is 4.42 Å². The normalized spacial score (nSPS) is 10.9. The fraction of sp³-hybridized carbons (Fsp3) is 0. The standard InChI is InChI=1S/C10H5NOS3/c13-10-9(11-15-14-10)8-5-6-3-1-2-4-7(6)12-8/h1-5H. The molecule has 0 aliphatic rings. The topological polar surface area (TPSA) is 26.0 Å². The van der Waals surface area contributed by atoms with Gasteiger partial charge in [0.1, 0.15) is 15.1 Å². The summed E-state index contributed by atoms with van der Waals surface area (Å²) in [4.78, 5) is 0. The Morgan fingerprint density at radius 1 is 1.27 bits per heavy atom. The Morgan fingerprint density at radius 2 is 2.13 bits per heavy atom. The van der Waals surface area contributed by atoms with Crippen LogP contribution in [-0.2, 0) is 0 Å². The lowest BCUT2D eigenvalue weighted by Crippen LogP contribution is -1.69. The zero-order chi connectivity index (χ0) is 10.3. The average Bonchev–Trinajstić information content (AvgIpc) is 2.82. The van der Waals surface area contributed by atoms with Crippen LogP contribution in [0.15, 0.2) is 34.7 Å². The Kier molecular flexibility index (Phi) is 2.16. The zero-order valence-electron chi connectivity index (χ0n) is 7.47. The smallest absolute Gasteiger partial charge is 0.157 e. The molecule has 0 aliphatic carbocycles. The second-order valence-electron chi connectivity index (χ2n) is 3.03.